The highest BCUT2D eigenvalue weighted by atomic mass is 16.5. The predicted molar refractivity (Wildman–Crippen MR) is 98.4 cm³/mol. The van der Waals surface area contributed by atoms with Gasteiger partial charge >= 0.3 is 5.97 Å². The molecule has 1 aromatic carbocycles. The van der Waals surface area contributed by atoms with Crippen molar-refractivity contribution in [2.45, 2.75) is 20.0 Å². The van der Waals surface area contributed by atoms with Crippen molar-refractivity contribution in [3.63, 3.8) is 0 Å². The van der Waals surface area contributed by atoms with Gasteiger partial charge in [-0.25, -0.2) is 4.79 Å². The number of ether oxygens (including phenoxy) is 1. The summed E-state index contributed by atoms with van der Waals surface area (Å²) in [6.45, 7) is 8.70. The lowest BCUT2D eigenvalue weighted by Crippen LogP contribution is -2.40. The van der Waals surface area contributed by atoms with E-state index in [2.05, 4.69) is 17.3 Å². The van der Waals surface area contributed by atoms with E-state index in [0.717, 1.165) is 30.5 Å². The van der Waals surface area contributed by atoms with Gasteiger partial charge in [-0.15, -0.1) is 0 Å². The molecule has 1 aliphatic heterocycles. The third-order valence-electron chi connectivity index (χ3n) is 3.23. The second kappa shape index (κ2) is 11.4. The molecule has 1 fully saturated rings. The van der Waals surface area contributed by atoms with Gasteiger partial charge in [-0.05, 0) is 38.6 Å². The Morgan fingerprint density at radius 2 is 1.83 bits per heavy atom. The molecule has 0 atom stereocenters. The van der Waals surface area contributed by atoms with Crippen LogP contribution >= 0.6 is 0 Å². The SMILES string of the molecule is CC(C)Oc1ccc(/C=C/C=C/C(=O)O)cc1.CN1CCNCC1. The van der Waals surface area contributed by atoms with E-state index in [1.165, 1.54) is 19.2 Å². The molecule has 1 aliphatic rings. The van der Waals surface area contributed by atoms with Crippen LogP contribution in [-0.2, 0) is 4.79 Å². The summed E-state index contributed by atoms with van der Waals surface area (Å²) in [5.74, 6) is -0.117. The number of benzene rings is 1. The van der Waals surface area contributed by atoms with Gasteiger partial charge in [-0.1, -0.05) is 30.4 Å². The molecule has 2 rings (SSSR count). The fourth-order valence-electron chi connectivity index (χ4n) is 2.01. The highest BCUT2D eigenvalue weighted by Gasteiger charge is 2.01. The molecular weight excluding hydrogens is 304 g/mol. The zero-order valence-corrected chi connectivity index (χ0v) is 14.7. The number of aliphatic carboxylic acids is 1. The summed E-state index contributed by atoms with van der Waals surface area (Å²) >= 11 is 0. The van der Waals surface area contributed by atoms with Crippen LogP contribution in [-0.4, -0.2) is 55.3 Å². The lowest BCUT2D eigenvalue weighted by molar-refractivity contribution is -0.131. The number of allylic oxidation sites excluding steroid dienone is 2. The maximum absolute atomic E-state index is 10.2. The predicted octanol–water partition coefficient (Wildman–Crippen LogP) is 2.65. The summed E-state index contributed by atoms with van der Waals surface area (Å²) in [4.78, 5) is 12.6. The van der Waals surface area contributed by atoms with E-state index in [4.69, 9.17) is 9.84 Å². The van der Waals surface area contributed by atoms with Crippen LogP contribution in [0.15, 0.2) is 42.5 Å². The van der Waals surface area contributed by atoms with Gasteiger partial charge in [0.05, 0.1) is 6.10 Å². The van der Waals surface area contributed by atoms with Crippen molar-refractivity contribution in [1.29, 1.82) is 0 Å². The Bertz CT molecular complexity index is 530. The third-order valence-corrected chi connectivity index (χ3v) is 3.23. The second-order valence-corrected chi connectivity index (χ2v) is 5.85. The van der Waals surface area contributed by atoms with E-state index in [-0.39, 0.29) is 6.10 Å². The molecule has 24 heavy (non-hydrogen) atoms. The van der Waals surface area contributed by atoms with E-state index in [9.17, 15) is 4.79 Å². The van der Waals surface area contributed by atoms with Crippen molar-refractivity contribution in [1.82, 2.24) is 10.2 Å². The number of hydrogen-bond acceptors (Lipinski definition) is 4. The first kappa shape index (κ1) is 19.9. The van der Waals surface area contributed by atoms with Crippen LogP contribution < -0.4 is 10.1 Å². The average Bonchev–Trinajstić information content (AvgIpc) is 2.54. The molecule has 1 aromatic rings. The van der Waals surface area contributed by atoms with Crippen molar-refractivity contribution >= 4 is 12.0 Å². The first-order chi connectivity index (χ1) is 11.5. The van der Waals surface area contributed by atoms with E-state index >= 15 is 0 Å². The minimum Gasteiger partial charge on any atom is -0.491 e. The molecule has 5 nitrogen and oxygen atoms in total. The Morgan fingerprint density at radius 1 is 1.21 bits per heavy atom. The van der Waals surface area contributed by atoms with Crippen LogP contribution in [0.4, 0.5) is 0 Å². The van der Waals surface area contributed by atoms with Crippen molar-refractivity contribution in [3.8, 4) is 5.75 Å². The summed E-state index contributed by atoms with van der Waals surface area (Å²) in [7, 11) is 2.15. The zero-order valence-electron chi connectivity index (χ0n) is 14.7. The van der Waals surface area contributed by atoms with Gasteiger partial charge in [0.1, 0.15) is 5.75 Å². The van der Waals surface area contributed by atoms with Gasteiger partial charge in [0.2, 0.25) is 0 Å². The Kier molecular flexibility index (Phi) is 9.49. The van der Waals surface area contributed by atoms with Crippen LogP contribution in [0, 0.1) is 0 Å². The van der Waals surface area contributed by atoms with Crippen LogP contribution in [0.5, 0.6) is 5.75 Å². The number of nitrogens with zero attached hydrogens (tertiary/aromatic N) is 1. The monoisotopic (exact) mass is 332 g/mol. The number of rotatable bonds is 5. The Morgan fingerprint density at radius 3 is 2.29 bits per heavy atom. The highest BCUT2D eigenvalue weighted by molar-refractivity contribution is 5.80. The summed E-state index contributed by atoms with van der Waals surface area (Å²) in [6.07, 6.45) is 6.26. The first-order valence-corrected chi connectivity index (χ1v) is 8.21. The fourth-order valence-corrected chi connectivity index (χ4v) is 2.01. The lowest BCUT2D eigenvalue weighted by Gasteiger charge is -2.21. The summed E-state index contributed by atoms with van der Waals surface area (Å²) < 4.78 is 5.51. The quantitative estimate of drug-likeness (QED) is 0.641. The van der Waals surface area contributed by atoms with Crippen LogP contribution in [0.25, 0.3) is 6.08 Å². The smallest absolute Gasteiger partial charge is 0.328 e. The van der Waals surface area contributed by atoms with Crippen LogP contribution in [0.1, 0.15) is 19.4 Å². The molecule has 0 aliphatic carbocycles. The van der Waals surface area contributed by atoms with Gasteiger partial charge in [0.15, 0.2) is 0 Å². The summed E-state index contributed by atoms with van der Waals surface area (Å²) in [6, 6.07) is 7.62. The number of carbonyl (C=O) groups is 1. The van der Waals surface area contributed by atoms with Gasteiger partial charge in [-0.2, -0.15) is 0 Å². The van der Waals surface area contributed by atoms with Gasteiger partial charge in [0, 0.05) is 32.3 Å². The molecule has 132 valence electrons. The number of carboxylic acids is 1. The van der Waals surface area contributed by atoms with E-state index < -0.39 is 5.97 Å². The maximum atomic E-state index is 10.2. The average molecular weight is 332 g/mol. The van der Waals surface area contributed by atoms with Crippen LogP contribution in [0.3, 0.4) is 0 Å². The molecule has 0 amide bonds. The van der Waals surface area contributed by atoms with E-state index in [1.54, 1.807) is 6.08 Å². The zero-order chi connectivity index (χ0) is 17.8. The molecule has 0 saturated carbocycles. The van der Waals surface area contributed by atoms with E-state index in [0.29, 0.717) is 0 Å². The molecule has 1 saturated heterocycles. The van der Waals surface area contributed by atoms with Gasteiger partial charge in [-0.3, -0.25) is 0 Å². The number of nitrogens with one attached hydrogen (secondary N) is 1. The molecule has 2 N–H and O–H groups in total. The Labute approximate surface area is 144 Å². The second-order valence-electron chi connectivity index (χ2n) is 5.85. The molecule has 5 heteroatoms. The van der Waals surface area contributed by atoms with Gasteiger partial charge in [0.25, 0.3) is 0 Å². The first-order valence-electron chi connectivity index (χ1n) is 8.21. The molecule has 1 heterocycles. The number of piperazine rings is 1. The lowest BCUT2D eigenvalue weighted by atomic mass is 10.2. The molecule has 0 bridgehead atoms. The Balaban J connectivity index is 0.000000341. The molecule has 0 radical (unpaired) electrons. The molecule has 0 aromatic heterocycles. The van der Waals surface area contributed by atoms with E-state index in [1.807, 2.05) is 44.2 Å². The van der Waals surface area contributed by atoms with Crippen molar-refractivity contribution < 1.29 is 14.6 Å². The minimum absolute atomic E-state index is 0.162. The molecule has 0 unspecified atom stereocenters. The van der Waals surface area contributed by atoms with Gasteiger partial charge < -0.3 is 20.1 Å². The standard InChI is InChI=1S/C14H16O3.C5H12N2/c1-11(2)17-13-9-7-12(8-10-13)5-3-4-6-14(15)16;1-7-4-2-6-3-5-7/h3-11H,1-2H3,(H,15,16);6H,2-5H2,1H3/b5-3+,6-4+;. The van der Waals surface area contributed by atoms with Crippen LogP contribution in [0.2, 0.25) is 0 Å². The van der Waals surface area contributed by atoms with Crippen molar-refractivity contribution in [2.24, 2.45) is 0 Å². The summed E-state index contributed by atoms with van der Waals surface area (Å²) in [5.41, 5.74) is 0.996. The van der Waals surface area contributed by atoms with Crippen molar-refractivity contribution in [3.05, 3.63) is 48.1 Å². The van der Waals surface area contributed by atoms with Crippen molar-refractivity contribution in [2.75, 3.05) is 33.2 Å². The number of likely N-dealkylation sites (N-methyl/N-ethyl adjacent to an activating group) is 1. The number of carboxylic acid groups (broad SMARTS) is 1. The fraction of sp³-hybridized carbons (Fsp3) is 0.421. The maximum Gasteiger partial charge on any atom is 0.328 e. The highest BCUT2D eigenvalue weighted by Crippen LogP contribution is 2.14. The third kappa shape index (κ3) is 9.82. The molecular formula is C19H28N2O3. The normalized spacial score (nSPS) is 15.5. The topological polar surface area (TPSA) is 61.8 Å². The minimum atomic E-state index is -0.949. The Hall–Kier alpha value is -2.11. The number of hydrogen-bond donors (Lipinski definition) is 2. The molecule has 0 spiro atoms. The summed E-state index contributed by atoms with van der Waals surface area (Å²) in [5, 5.41) is 11.7. The largest absolute Gasteiger partial charge is 0.491 e.